The molecule has 2 rings (SSSR count). The minimum atomic E-state index is -0.331. The van der Waals surface area contributed by atoms with E-state index in [4.69, 9.17) is 14.2 Å². The number of ether oxygens (including phenoxy) is 3. The molecule has 2 aromatic carbocycles. The Morgan fingerprint density at radius 1 is 1.05 bits per heavy atom. The molecule has 0 aliphatic carbocycles. The van der Waals surface area contributed by atoms with Gasteiger partial charge in [0.25, 0.3) is 0 Å². The lowest BCUT2D eigenvalue weighted by Crippen LogP contribution is -2.02. The standard InChI is InChI=1S/C16H17FO4/c1-19-14-7-11(9-18)8-15(20-2)16(14)21-10-12-5-3-4-6-13(12)17/h3-8,18H,9-10H2,1-2H3. The smallest absolute Gasteiger partial charge is 0.203 e. The number of aliphatic hydroxyl groups excluding tert-OH is 1. The molecular formula is C16H17FO4. The minimum Gasteiger partial charge on any atom is -0.493 e. The Labute approximate surface area is 122 Å². The molecule has 5 heteroatoms. The van der Waals surface area contributed by atoms with Gasteiger partial charge in [0.05, 0.1) is 20.8 Å². The summed E-state index contributed by atoms with van der Waals surface area (Å²) in [7, 11) is 2.98. The zero-order valence-corrected chi connectivity index (χ0v) is 11.9. The maximum atomic E-state index is 13.6. The molecule has 112 valence electrons. The second-order valence-electron chi connectivity index (χ2n) is 4.37. The van der Waals surface area contributed by atoms with Crippen LogP contribution in [-0.4, -0.2) is 19.3 Å². The Kier molecular flexibility index (Phi) is 5.00. The van der Waals surface area contributed by atoms with Gasteiger partial charge < -0.3 is 19.3 Å². The van der Waals surface area contributed by atoms with Gasteiger partial charge in [-0.3, -0.25) is 0 Å². The average molecular weight is 292 g/mol. The monoisotopic (exact) mass is 292 g/mol. The number of hydrogen-bond donors (Lipinski definition) is 1. The first kappa shape index (κ1) is 15.1. The summed E-state index contributed by atoms with van der Waals surface area (Å²) < 4.78 is 29.7. The van der Waals surface area contributed by atoms with E-state index in [0.717, 1.165) is 0 Å². The molecule has 0 aliphatic heterocycles. The van der Waals surface area contributed by atoms with Crippen LogP contribution in [0.3, 0.4) is 0 Å². The highest BCUT2D eigenvalue weighted by atomic mass is 19.1. The maximum absolute atomic E-state index is 13.6. The highest BCUT2D eigenvalue weighted by Gasteiger charge is 2.15. The molecule has 21 heavy (non-hydrogen) atoms. The van der Waals surface area contributed by atoms with Crippen molar-refractivity contribution >= 4 is 0 Å². The molecular weight excluding hydrogens is 275 g/mol. The van der Waals surface area contributed by atoms with Crippen LogP contribution in [0.1, 0.15) is 11.1 Å². The number of methoxy groups -OCH3 is 2. The van der Waals surface area contributed by atoms with Gasteiger partial charge >= 0.3 is 0 Å². The minimum absolute atomic E-state index is 0.0534. The van der Waals surface area contributed by atoms with Crippen LogP contribution in [0.25, 0.3) is 0 Å². The lowest BCUT2D eigenvalue weighted by atomic mass is 10.2. The van der Waals surface area contributed by atoms with Crippen LogP contribution in [0.5, 0.6) is 17.2 Å². The van der Waals surface area contributed by atoms with E-state index >= 15 is 0 Å². The summed E-state index contributed by atoms with van der Waals surface area (Å²) in [5.74, 6) is 0.896. The lowest BCUT2D eigenvalue weighted by Gasteiger charge is -2.16. The Hall–Kier alpha value is -2.27. The first-order chi connectivity index (χ1) is 10.2. The van der Waals surface area contributed by atoms with Crippen LogP contribution in [-0.2, 0) is 13.2 Å². The number of aliphatic hydroxyl groups is 1. The van der Waals surface area contributed by atoms with Crippen molar-refractivity contribution in [2.75, 3.05) is 14.2 Å². The van der Waals surface area contributed by atoms with Gasteiger partial charge in [-0.05, 0) is 23.8 Å². The van der Waals surface area contributed by atoms with E-state index in [1.54, 1.807) is 30.3 Å². The van der Waals surface area contributed by atoms with Gasteiger partial charge in [-0.1, -0.05) is 18.2 Å². The summed E-state index contributed by atoms with van der Waals surface area (Å²) in [5, 5.41) is 9.21. The Morgan fingerprint density at radius 2 is 1.67 bits per heavy atom. The first-order valence-electron chi connectivity index (χ1n) is 6.41. The van der Waals surface area contributed by atoms with Crippen molar-refractivity contribution in [2.45, 2.75) is 13.2 Å². The van der Waals surface area contributed by atoms with Crippen molar-refractivity contribution in [3.63, 3.8) is 0 Å². The molecule has 0 unspecified atom stereocenters. The third-order valence-corrected chi connectivity index (χ3v) is 3.03. The van der Waals surface area contributed by atoms with Gasteiger partial charge in [0.2, 0.25) is 5.75 Å². The fourth-order valence-corrected chi connectivity index (χ4v) is 1.93. The second-order valence-corrected chi connectivity index (χ2v) is 4.37. The van der Waals surface area contributed by atoms with E-state index < -0.39 is 0 Å². The van der Waals surface area contributed by atoms with Crippen molar-refractivity contribution in [3.05, 3.63) is 53.3 Å². The van der Waals surface area contributed by atoms with E-state index in [9.17, 15) is 9.50 Å². The van der Waals surface area contributed by atoms with Crippen molar-refractivity contribution in [2.24, 2.45) is 0 Å². The van der Waals surface area contributed by atoms with Crippen LogP contribution >= 0.6 is 0 Å². The summed E-state index contributed by atoms with van der Waals surface area (Å²) in [4.78, 5) is 0. The second kappa shape index (κ2) is 6.95. The predicted octanol–water partition coefficient (Wildman–Crippen LogP) is 2.91. The number of benzene rings is 2. The molecule has 0 bridgehead atoms. The normalized spacial score (nSPS) is 10.3. The largest absolute Gasteiger partial charge is 0.493 e. The molecule has 0 radical (unpaired) electrons. The van der Waals surface area contributed by atoms with E-state index in [2.05, 4.69) is 0 Å². The quantitative estimate of drug-likeness (QED) is 0.889. The van der Waals surface area contributed by atoms with Gasteiger partial charge in [-0.15, -0.1) is 0 Å². The Morgan fingerprint density at radius 3 is 2.19 bits per heavy atom. The summed E-state index contributed by atoms with van der Waals surface area (Å²) in [6, 6.07) is 9.69. The van der Waals surface area contributed by atoms with Crippen LogP contribution < -0.4 is 14.2 Å². The molecule has 0 aromatic heterocycles. The Balaban J connectivity index is 2.28. The predicted molar refractivity (Wildman–Crippen MR) is 76.2 cm³/mol. The van der Waals surface area contributed by atoms with Gasteiger partial charge in [-0.25, -0.2) is 4.39 Å². The van der Waals surface area contributed by atoms with Crippen molar-refractivity contribution in [3.8, 4) is 17.2 Å². The first-order valence-corrected chi connectivity index (χ1v) is 6.41. The van der Waals surface area contributed by atoms with Crippen LogP contribution in [0.15, 0.2) is 36.4 Å². The molecule has 1 N–H and O–H groups in total. The van der Waals surface area contributed by atoms with Gasteiger partial charge in [0, 0.05) is 5.56 Å². The number of hydrogen-bond acceptors (Lipinski definition) is 4. The molecule has 0 heterocycles. The molecule has 4 nitrogen and oxygen atoms in total. The summed E-state index contributed by atoms with van der Waals surface area (Å²) in [5.41, 5.74) is 1.08. The SMILES string of the molecule is COc1cc(CO)cc(OC)c1OCc1ccccc1F. The van der Waals surface area contributed by atoms with Crippen molar-refractivity contribution < 1.29 is 23.7 Å². The van der Waals surface area contributed by atoms with Crippen molar-refractivity contribution in [1.29, 1.82) is 0 Å². The fourth-order valence-electron chi connectivity index (χ4n) is 1.93. The molecule has 0 saturated carbocycles. The van der Waals surface area contributed by atoms with E-state index in [1.807, 2.05) is 0 Å². The third-order valence-electron chi connectivity index (χ3n) is 3.03. The lowest BCUT2D eigenvalue weighted by molar-refractivity contribution is 0.257. The number of rotatable bonds is 6. The van der Waals surface area contributed by atoms with E-state index in [0.29, 0.717) is 28.4 Å². The van der Waals surface area contributed by atoms with E-state index in [-0.39, 0.29) is 19.0 Å². The van der Waals surface area contributed by atoms with Gasteiger partial charge in [0.1, 0.15) is 12.4 Å². The molecule has 0 atom stereocenters. The zero-order chi connectivity index (χ0) is 15.2. The van der Waals surface area contributed by atoms with Crippen LogP contribution in [0.2, 0.25) is 0 Å². The molecule has 0 aliphatic rings. The summed E-state index contributed by atoms with van der Waals surface area (Å²) >= 11 is 0. The third kappa shape index (κ3) is 3.44. The topological polar surface area (TPSA) is 47.9 Å². The highest BCUT2D eigenvalue weighted by molar-refractivity contribution is 5.53. The van der Waals surface area contributed by atoms with Crippen LogP contribution in [0, 0.1) is 5.82 Å². The summed E-state index contributed by atoms with van der Waals surface area (Å²) in [6.07, 6.45) is 0. The maximum Gasteiger partial charge on any atom is 0.203 e. The van der Waals surface area contributed by atoms with Gasteiger partial charge in [-0.2, -0.15) is 0 Å². The van der Waals surface area contributed by atoms with Crippen LogP contribution in [0.4, 0.5) is 4.39 Å². The van der Waals surface area contributed by atoms with Gasteiger partial charge in [0.15, 0.2) is 11.5 Å². The molecule has 2 aromatic rings. The summed E-state index contributed by atoms with van der Waals surface area (Å²) in [6.45, 7) is -0.0851. The molecule has 0 fully saturated rings. The molecule has 0 amide bonds. The zero-order valence-electron chi connectivity index (χ0n) is 11.9. The fraction of sp³-hybridized carbons (Fsp3) is 0.250. The average Bonchev–Trinajstić information content (AvgIpc) is 2.53. The molecule has 0 spiro atoms. The van der Waals surface area contributed by atoms with Crippen molar-refractivity contribution in [1.82, 2.24) is 0 Å². The highest BCUT2D eigenvalue weighted by Crippen LogP contribution is 2.39. The Bertz CT molecular complexity index is 588. The molecule has 0 saturated heterocycles. The number of halogens is 1. The van der Waals surface area contributed by atoms with E-state index in [1.165, 1.54) is 20.3 Å².